The van der Waals surface area contributed by atoms with Gasteiger partial charge in [-0.1, -0.05) is 0 Å². The Bertz CT molecular complexity index is 738. The van der Waals surface area contributed by atoms with Crippen LogP contribution in [0, 0.1) is 0 Å². The van der Waals surface area contributed by atoms with Gasteiger partial charge in [-0.05, 0) is 48.5 Å². The van der Waals surface area contributed by atoms with Crippen LogP contribution in [0.3, 0.4) is 0 Å². The average Bonchev–Trinajstić information content (AvgIpc) is 2.78. The number of rotatable bonds is 13. The molecular formula is C22H26O6S2. The number of benzene rings is 2. The number of aliphatic hydroxyl groups excluding tert-OH is 2. The predicted molar refractivity (Wildman–Crippen MR) is 121 cm³/mol. The van der Waals surface area contributed by atoms with Crippen LogP contribution in [0.2, 0.25) is 0 Å². The second kappa shape index (κ2) is 12.6. The standard InChI is InChI=1S/C22H26O6S2/c1-27-17-7-3-15(4-8-17)19(23)11-29-13-21(25)22(26)14-30-12-20(24)16-5-9-18(28-2)10-6-16/h3-10,21-22,25-26H,11-14H2,1-2H3/t21-,22-/m1/s1. The van der Waals surface area contributed by atoms with E-state index in [-0.39, 0.29) is 34.6 Å². The Morgan fingerprint density at radius 3 is 1.37 bits per heavy atom. The van der Waals surface area contributed by atoms with Crippen molar-refractivity contribution in [3.05, 3.63) is 59.7 Å². The van der Waals surface area contributed by atoms with Gasteiger partial charge in [-0.25, -0.2) is 0 Å². The van der Waals surface area contributed by atoms with E-state index in [2.05, 4.69) is 0 Å². The molecule has 0 saturated carbocycles. The van der Waals surface area contributed by atoms with Crippen molar-refractivity contribution in [3.8, 4) is 11.5 Å². The van der Waals surface area contributed by atoms with E-state index in [0.29, 0.717) is 22.6 Å². The van der Waals surface area contributed by atoms with Gasteiger partial charge >= 0.3 is 0 Å². The molecule has 2 N–H and O–H groups in total. The minimum atomic E-state index is -0.970. The fourth-order valence-corrected chi connectivity index (χ4v) is 4.35. The van der Waals surface area contributed by atoms with Gasteiger partial charge < -0.3 is 19.7 Å². The lowest BCUT2D eigenvalue weighted by Crippen LogP contribution is -2.31. The van der Waals surface area contributed by atoms with Crippen molar-refractivity contribution in [1.82, 2.24) is 0 Å². The van der Waals surface area contributed by atoms with Crippen molar-refractivity contribution >= 4 is 35.1 Å². The SMILES string of the molecule is COc1ccc(C(=O)CSC[C@@H](O)[C@H](O)CSCC(=O)c2ccc(OC)cc2)cc1. The third-order valence-electron chi connectivity index (χ3n) is 4.31. The zero-order valence-electron chi connectivity index (χ0n) is 16.9. The van der Waals surface area contributed by atoms with Crippen LogP contribution in [0.15, 0.2) is 48.5 Å². The summed E-state index contributed by atoms with van der Waals surface area (Å²) in [7, 11) is 3.12. The largest absolute Gasteiger partial charge is 0.497 e. The van der Waals surface area contributed by atoms with E-state index < -0.39 is 12.2 Å². The molecule has 2 atom stereocenters. The molecule has 0 aliphatic heterocycles. The first-order valence-electron chi connectivity index (χ1n) is 9.30. The number of aliphatic hydroxyl groups is 2. The van der Waals surface area contributed by atoms with E-state index >= 15 is 0 Å². The van der Waals surface area contributed by atoms with Crippen molar-refractivity contribution in [3.63, 3.8) is 0 Å². The molecule has 2 aromatic rings. The Balaban J connectivity index is 1.66. The molecule has 0 heterocycles. The molecule has 162 valence electrons. The van der Waals surface area contributed by atoms with Crippen LogP contribution >= 0.6 is 23.5 Å². The van der Waals surface area contributed by atoms with Crippen LogP contribution < -0.4 is 9.47 Å². The maximum Gasteiger partial charge on any atom is 0.172 e. The average molecular weight is 451 g/mol. The number of hydrogen-bond donors (Lipinski definition) is 2. The second-order valence-electron chi connectivity index (χ2n) is 6.47. The molecule has 0 fully saturated rings. The van der Waals surface area contributed by atoms with E-state index in [1.54, 1.807) is 62.8 Å². The number of carbonyl (C=O) groups excluding carboxylic acids is 2. The van der Waals surface area contributed by atoms with E-state index in [1.807, 2.05) is 0 Å². The molecule has 0 radical (unpaired) electrons. The Kier molecular flexibility index (Phi) is 10.2. The molecule has 30 heavy (non-hydrogen) atoms. The molecule has 0 aliphatic carbocycles. The molecule has 0 spiro atoms. The van der Waals surface area contributed by atoms with Crippen LogP contribution in [0.25, 0.3) is 0 Å². The van der Waals surface area contributed by atoms with E-state index in [1.165, 1.54) is 23.5 Å². The molecule has 2 rings (SSSR count). The maximum atomic E-state index is 12.2. The van der Waals surface area contributed by atoms with Gasteiger partial charge in [0, 0.05) is 22.6 Å². The van der Waals surface area contributed by atoms with Crippen molar-refractivity contribution in [2.24, 2.45) is 0 Å². The summed E-state index contributed by atoms with van der Waals surface area (Å²) in [6, 6.07) is 13.7. The van der Waals surface area contributed by atoms with Crippen molar-refractivity contribution < 1.29 is 29.3 Å². The van der Waals surface area contributed by atoms with Crippen LogP contribution in [0.5, 0.6) is 11.5 Å². The van der Waals surface area contributed by atoms with E-state index in [9.17, 15) is 19.8 Å². The summed E-state index contributed by atoms with van der Waals surface area (Å²) in [6.45, 7) is 0. The predicted octanol–water partition coefficient (Wildman–Crippen LogP) is 2.96. The quantitative estimate of drug-likeness (QED) is 0.450. The van der Waals surface area contributed by atoms with Gasteiger partial charge in [0.2, 0.25) is 0 Å². The van der Waals surface area contributed by atoms with Gasteiger partial charge in [0.25, 0.3) is 0 Å². The van der Waals surface area contributed by atoms with Gasteiger partial charge in [-0.15, -0.1) is 0 Å². The highest BCUT2D eigenvalue weighted by molar-refractivity contribution is 8.00. The lowest BCUT2D eigenvalue weighted by atomic mass is 10.1. The molecule has 0 unspecified atom stereocenters. The highest BCUT2D eigenvalue weighted by atomic mass is 32.2. The fraction of sp³-hybridized carbons (Fsp3) is 0.364. The Labute approximate surface area is 185 Å². The van der Waals surface area contributed by atoms with Crippen LogP contribution in [0.1, 0.15) is 20.7 Å². The molecule has 0 saturated heterocycles. The first-order chi connectivity index (χ1) is 14.4. The lowest BCUT2D eigenvalue weighted by molar-refractivity contribution is 0.0500. The summed E-state index contributed by atoms with van der Waals surface area (Å²) in [5.41, 5.74) is 1.15. The van der Waals surface area contributed by atoms with Crippen LogP contribution in [-0.2, 0) is 0 Å². The molecule has 2 aromatic carbocycles. The summed E-state index contributed by atoms with van der Waals surface area (Å²) in [6.07, 6.45) is -1.94. The van der Waals surface area contributed by atoms with E-state index in [0.717, 1.165) is 0 Å². The topological polar surface area (TPSA) is 93.1 Å². The number of hydrogen-bond acceptors (Lipinski definition) is 8. The summed E-state index contributed by atoms with van der Waals surface area (Å²) < 4.78 is 10.1. The Morgan fingerprint density at radius 2 is 1.07 bits per heavy atom. The van der Waals surface area contributed by atoms with Gasteiger partial charge in [0.15, 0.2) is 11.6 Å². The van der Waals surface area contributed by atoms with Gasteiger partial charge in [0.1, 0.15) is 11.5 Å². The number of ether oxygens (including phenoxy) is 2. The Morgan fingerprint density at radius 1 is 0.733 bits per heavy atom. The highest BCUT2D eigenvalue weighted by Gasteiger charge is 2.18. The van der Waals surface area contributed by atoms with Crippen molar-refractivity contribution in [2.45, 2.75) is 12.2 Å². The molecular weight excluding hydrogens is 424 g/mol. The van der Waals surface area contributed by atoms with Gasteiger partial charge in [-0.2, -0.15) is 23.5 Å². The lowest BCUT2D eigenvalue weighted by Gasteiger charge is -2.17. The number of ketones is 2. The third-order valence-corrected chi connectivity index (χ3v) is 6.40. The van der Waals surface area contributed by atoms with Gasteiger partial charge in [0.05, 0.1) is 37.9 Å². The van der Waals surface area contributed by atoms with Crippen molar-refractivity contribution in [2.75, 3.05) is 37.2 Å². The summed E-state index contributed by atoms with van der Waals surface area (Å²) >= 11 is 2.53. The molecule has 0 amide bonds. The minimum Gasteiger partial charge on any atom is -0.497 e. The summed E-state index contributed by atoms with van der Waals surface area (Å²) in [5, 5.41) is 20.2. The van der Waals surface area contributed by atoms with Gasteiger partial charge in [-0.3, -0.25) is 9.59 Å². The second-order valence-corrected chi connectivity index (χ2v) is 8.53. The van der Waals surface area contributed by atoms with Crippen LogP contribution in [0.4, 0.5) is 0 Å². The molecule has 8 heteroatoms. The summed E-state index contributed by atoms with van der Waals surface area (Å²) in [5.74, 6) is 2.14. The number of thioether (sulfide) groups is 2. The first kappa shape index (κ1) is 24.3. The maximum absolute atomic E-state index is 12.2. The fourth-order valence-electron chi connectivity index (χ4n) is 2.49. The zero-order valence-corrected chi connectivity index (χ0v) is 18.6. The molecule has 0 aliphatic rings. The minimum absolute atomic E-state index is 0.0520. The molecule has 0 aromatic heterocycles. The zero-order chi connectivity index (χ0) is 21.9. The highest BCUT2D eigenvalue weighted by Crippen LogP contribution is 2.17. The monoisotopic (exact) mass is 450 g/mol. The normalized spacial score (nSPS) is 12.8. The number of Topliss-reactive ketones (excluding diaryl/α,β-unsaturated/α-hetero) is 2. The summed E-state index contributed by atoms with van der Waals surface area (Å²) in [4.78, 5) is 24.3. The number of methoxy groups -OCH3 is 2. The Hall–Kier alpha value is -2.00. The molecule has 6 nitrogen and oxygen atoms in total. The number of carbonyl (C=O) groups is 2. The molecule has 0 bridgehead atoms. The first-order valence-corrected chi connectivity index (χ1v) is 11.6. The van der Waals surface area contributed by atoms with Crippen LogP contribution in [-0.4, -0.2) is 71.2 Å². The third kappa shape index (κ3) is 7.68. The smallest absolute Gasteiger partial charge is 0.172 e. The van der Waals surface area contributed by atoms with E-state index in [4.69, 9.17) is 9.47 Å². The van der Waals surface area contributed by atoms with Crippen molar-refractivity contribution in [1.29, 1.82) is 0 Å².